The van der Waals surface area contributed by atoms with E-state index in [0.29, 0.717) is 11.3 Å². The van der Waals surface area contributed by atoms with Crippen LogP contribution in [0.15, 0.2) is 48.1 Å². The van der Waals surface area contributed by atoms with E-state index in [-0.39, 0.29) is 11.9 Å². The van der Waals surface area contributed by atoms with Crippen molar-refractivity contribution in [2.24, 2.45) is 0 Å². The van der Waals surface area contributed by atoms with Crippen LogP contribution in [0.3, 0.4) is 0 Å². The fourth-order valence-corrected chi connectivity index (χ4v) is 1.99. The van der Waals surface area contributed by atoms with Crippen molar-refractivity contribution in [3.63, 3.8) is 0 Å². The van der Waals surface area contributed by atoms with E-state index in [4.69, 9.17) is 4.74 Å². The van der Waals surface area contributed by atoms with Gasteiger partial charge in [-0.15, -0.1) is 0 Å². The van der Waals surface area contributed by atoms with E-state index in [0.717, 1.165) is 12.0 Å². The molecule has 1 unspecified atom stereocenters. The van der Waals surface area contributed by atoms with Crippen molar-refractivity contribution in [2.75, 3.05) is 0 Å². The van der Waals surface area contributed by atoms with Gasteiger partial charge in [0.2, 0.25) is 0 Å². The Balaban J connectivity index is 2.14. The van der Waals surface area contributed by atoms with Gasteiger partial charge in [-0.25, -0.2) is 0 Å². The van der Waals surface area contributed by atoms with Gasteiger partial charge in [-0.1, -0.05) is 24.3 Å². The van der Waals surface area contributed by atoms with Crippen LogP contribution >= 0.6 is 0 Å². The SMILES string of the molecule is O=C1C2=CCC=CC2Oc2ccccc21. The van der Waals surface area contributed by atoms with E-state index in [1.807, 2.05) is 42.5 Å². The summed E-state index contributed by atoms with van der Waals surface area (Å²) in [7, 11) is 0. The monoisotopic (exact) mass is 198 g/mol. The Morgan fingerprint density at radius 2 is 2.13 bits per heavy atom. The zero-order chi connectivity index (χ0) is 10.3. The van der Waals surface area contributed by atoms with Crippen LogP contribution in [-0.4, -0.2) is 11.9 Å². The maximum Gasteiger partial charge on any atom is 0.196 e. The molecule has 15 heavy (non-hydrogen) atoms. The summed E-state index contributed by atoms with van der Waals surface area (Å²) < 4.78 is 5.73. The number of allylic oxidation sites excluding steroid dienone is 2. The lowest BCUT2D eigenvalue weighted by Gasteiger charge is -2.27. The lowest BCUT2D eigenvalue weighted by Crippen LogP contribution is -2.29. The molecule has 2 heteroatoms. The summed E-state index contributed by atoms with van der Waals surface area (Å²) in [6.45, 7) is 0. The van der Waals surface area contributed by atoms with Gasteiger partial charge in [-0.05, 0) is 24.6 Å². The third-order valence-corrected chi connectivity index (χ3v) is 2.74. The highest BCUT2D eigenvalue weighted by Crippen LogP contribution is 2.32. The van der Waals surface area contributed by atoms with Gasteiger partial charge in [0.25, 0.3) is 0 Å². The maximum atomic E-state index is 12.1. The Hall–Kier alpha value is -1.83. The van der Waals surface area contributed by atoms with Crippen molar-refractivity contribution >= 4 is 5.78 Å². The molecule has 1 aromatic rings. The molecule has 1 aromatic carbocycles. The summed E-state index contributed by atoms with van der Waals surface area (Å²) in [5.74, 6) is 0.794. The molecule has 0 saturated heterocycles. The molecule has 0 aromatic heterocycles. The first-order valence-electron chi connectivity index (χ1n) is 5.03. The number of para-hydroxylation sites is 1. The first-order valence-corrected chi connectivity index (χ1v) is 5.03. The third kappa shape index (κ3) is 1.22. The number of fused-ring (bicyclic) bond motifs is 2. The van der Waals surface area contributed by atoms with Gasteiger partial charge in [0, 0.05) is 5.57 Å². The standard InChI is InChI=1S/C13H10O2/c14-13-9-5-1-3-7-11(9)15-12-8-4-2-6-10(12)13/h1,3-8,12H,2H2. The molecule has 0 radical (unpaired) electrons. The van der Waals surface area contributed by atoms with Crippen molar-refractivity contribution in [1.29, 1.82) is 0 Å². The molecule has 2 aliphatic rings. The average molecular weight is 198 g/mol. The van der Waals surface area contributed by atoms with Gasteiger partial charge in [-0.2, -0.15) is 0 Å². The van der Waals surface area contributed by atoms with Crippen LogP contribution in [0.2, 0.25) is 0 Å². The summed E-state index contributed by atoms with van der Waals surface area (Å²) in [6, 6.07) is 7.40. The lowest BCUT2D eigenvalue weighted by molar-refractivity contribution is 0.0979. The van der Waals surface area contributed by atoms with Crippen LogP contribution < -0.4 is 4.74 Å². The Bertz CT molecular complexity index is 483. The van der Waals surface area contributed by atoms with Crippen molar-refractivity contribution in [3.8, 4) is 5.75 Å². The quantitative estimate of drug-likeness (QED) is 0.599. The molecule has 1 aliphatic carbocycles. The molecule has 0 saturated carbocycles. The number of hydrogen-bond acceptors (Lipinski definition) is 2. The number of ketones is 1. The minimum absolute atomic E-state index is 0.103. The lowest BCUT2D eigenvalue weighted by atomic mass is 9.91. The van der Waals surface area contributed by atoms with Crippen LogP contribution in [0.5, 0.6) is 5.75 Å². The first-order chi connectivity index (χ1) is 7.36. The number of carbonyl (C=O) groups is 1. The normalized spacial score (nSPS) is 22.5. The van der Waals surface area contributed by atoms with Gasteiger partial charge < -0.3 is 4.74 Å². The molecule has 2 nitrogen and oxygen atoms in total. The molecule has 74 valence electrons. The second kappa shape index (κ2) is 3.09. The van der Waals surface area contributed by atoms with Gasteiger partial charge in [-0.3, -0.25) is 4.79 Å². The Kier molecular flexibility index (Phi) is 1.75. The minimum Gasteiger partial charge on any atom is -0.481 e. The van der Waals surface area contributed by atoms with Gasteiger partial charge >= 0.3 is 0 Å². The largest absolute Gasteiger partial charge is 0.481 e. The summed E-state index contributed by atoms with van der Waals surface area (Å²) >= 11 is 0. The zero-order valence-corrected chi connectivity index (χ0v) is 8.14. The first kappa shape index (κ1) is 8.48. The van der Waals surface area contributed by atoms with Gasteiger partial charge in [0.1, 0.15) is 11.9 Å². The molecule has 0 spiro atoms. The molecular weight excluding hydrogens is 188 g/mol. The smallest absolute Gasteiger partial charge is 0.196 e. The predicted octanol–water partition coefficient (Wildman–Crippen LogP) is 2.52. The molecule has 0 amide bonds. The fraction of sp³-hybridized carbons (Fsp3) is 0.154. The molecule has 1 aliphatic heterocycles. The molecule has 0 fully saturated rings. The van der Waals surface area contributed by atoms with Crippen LogP contribution in [0.25, 0.3) is 0 Å². The van der Waals surface area contributed by atoms with Crippen LogP contribution in [0, 0.1) is 0 Å². The number of ether oxygens (including phenoxy) is 1. The van der Waals surface area contributed by atoms with E-state index in [2.05, 4.69) is 0 Å². The average Bonchev–Trinajstić information content (AvgIpc) is 2.30. The third-order valence-electron chi connectivity index (χ3n) is 2.74. The Morgan fingerprint density at radius 3 is 3.07 bits per heavy atom. The number of carbonyl (C=O) groups excluding carboxylic acids is 1. The van der Waals surface area contributed by atoms with E-state index in [1.54, 1.807) is 0 Å². The molecule has 0 N–H and O–H groups in total. The van der Waals surface area contributed by atoms with E-state index in [9.17, 15) is 4.79 Å². The summed E-state index contributed by atoms with van der Waals surface area (Å²) in [6.07, 6.45) is 6.56. The van der Waals surface area contributed by atoms with Crippen LogP contribution in [0.4, 0.5) is 0 Å². The number of Topliss-reactive ketones (excluding diaryl/α,β-unsaturated/α-hetero) is 1. The molecule has 1 atom stereocenters. The Labute approximate surface area is 87.9 Å². The number of rotatable bonds is 0. The minimum atomic E-state index is -0.179. The number of benzene rings is 1. The predicted molar refractivity (Wildman–Crippen MR) is 57.0 cm³/mol. The molecule has 0 bridgehead atoms. The second-order valence-electron chi connectivity index (χ2n) is 3.69. The van der Waals surface area contributed by atoms with Crippen LogP contribution in [-0.2, 0) is 0 Å². The van der Waals surface area contributed by atoms with E-state index in [1.165, 1.54) is 0 Å². The molecule has 1 heterocycles. The highest BCUT2D eigenvalue weighted by molar-refractivity contribution is 6.12. The zero-order valence-electron chi connectivity index (χ0n) is 8.14. The highest BCUT2D eigenvalue weighted by Gasteiger charge is 2.30. The topological polar surface area (TPSA) is 26.3 Å². The van der Waals surface area contributed by atoms with Crippen LogP contribution in [0.1, 0.15) is 16.8 Å². The highest BCUT2D eigenvalue weighted by atomic mass is 16.5. The van der Waals surface area contributed by atoms with Gasteiger partial charge in [0.15, 0.2) is 5.78 Å². The maximum absolute atomic E-state index is 12.1. The van der Waals surface area contributed by atoms with Crippen molar-refractivity contribution in [2.45, 2.75) is 12.5 Å². The fourth-order valence-electron chi connectivity index (χ4n) is 1.99. The summed E-state index contributed by atoms with van der Waals surface area (Å²) in [5.41, 5.74) is 1.45. The molecule has 3 rings (SSSR count). The van der Waals surface area contributed by atoms with E-state index >= 15 is 0 Å². The van der Waals surface area contributed by atoms with Crippen molar-refractivity contribution in [1.82, 2.24) is 0 Å². The van der Waals surface area contributed by atoms with Crippen molar-refractivity contribution < 1.29 is 9.53 Å². The summed E-state index contributed by atoms with van der Waals surface area (Å²) in [5, 5.41) is 0. The second-order valence-corrected chi connectivity index (χ2v) is 3.69. The number of hydrogen-bond donors (Lipinski definition) is 0. The van der Waals surface area contributed by atoms with E-state index < -0.39 is 0 Å². The summed E-state index contributed by atoms with van der Waals surface area (Å²) in [4.78, 5) is 12.1. The molecular formula is C13H10O2. The van der Waals surface area contributed by atoms with Gasteiger partial charge in [0.05, 0.1) is 5.56 Å². The Morgan fingerprint density at radius 1 is 1.27 bits per heavy atom. The van der Waals surface area contributed by atoms with Crippen molar-refractivity contribution in [3.05, 3.63) is 53.6 Å².